The summed E-state index contributed by atoms with van der Waals surface area (Å²) in [6, 6.07) is 12.1. The van der Waals surface area contributed by atoms with Crippen LogP contribution in [-0.4, -0.2) is 49.4 Å². The highest BCUT2D eigenvalue weighted by molar-refractivity contribution is 5.66. The van der Waals surface area contributed by atoms with Crippen LogP contribution in [0.1, 0.15) is 24.1 Å². The van der Waals surface area contributed by atoms with Gasteiger partial charge in [0.25, 0.3) is 0 Å². The largest absolute Gasteiger partial charge is 0.493 e. The van der Waals surface area contributed by atoms with Gasteiger partial charge >= 0.3 is 0 Å². The van der Waals surface area contributed by atoms with Gasteiger partial charge in [0.1, 0.15) is 6.61 Å². The minimum Gasteiger partial charge on any atom is -0.493 e. The molecule has 0 bridgehead atoms. The van der Waals surface area contributed by atoms with Crippen LogP contribution in [0.25, 0.3) is 6.08 Å². The van der Waals surface area contributed by atoms with Crippen molar-refractivity contribution in [3.05, 3.63) is 59.4 Å². The number of ether oxygens (including phenoxy) is 3. The average molecular weight is 366 g/mol. The average Bonchev–Trinajstić information content (AvgIpc) is 3.21. The van der Waals surface area contributed by atoms with Crippen LogP contribution in [0.2, 0.25) is 0 Å². The highest BCUT2D eigenvalue weighted by Gasteiger charge is 2.22. The Labute approximate surface area is 160 Å². The molecule has 2 aromatic rings. The van der Waals surface area contributed by atoms with Gasteiger partial charge in [0, 0.05) is 38.0 Å². The van der Waals surface area contributed by atoms with Crippen molar-refractivity contribution in [3.8, 4) is 11.5 Å². The first-order valence-corrected chi connectivity index (χ1v) is 9.55. The first-order valence-electron chi connectivity index (χ1n) is 9.55. The van der Waals surface area contributed by atoms with Crippen LogP contribution in [0.4, 0.5) is 0 Å². The summed E-state index contributed by atoms with van der Waals surface area (Å²) < 4.78 is 17.3. The third-order valence-corrected chi connectivity index (χ3v) is 5.02. The fourth-order valence-electron chi connectivity index (χ4n) is 3.75. The van der Waals surface area contributed by atoms with Crippen molar-refractivity contribution < 1.29 is 14.2 Å². The van der Waals surface area contributed by atoms with Crippen molar-refractivity contribution in [1.82, 2.24) is 9.88 Å². The molecular formula is C22H26N2O3. The molecule has 1 saturated heterocycles. The zero-order valence-corrected chi connectivity index (χ0v) is 15.8. The predicted octanol–water partition coefficient (Wildman–Crippen LogP) is 3.55. The van der Waals surface area contributed by atoms with Crippen LogP contribution in [-0.2, 0) is 11.3 Å². The lowest BCUT2D eigenvalue weighted by Crippen LogP contribution is -2.34. The summed E-state index contributed by atoms with van der Waals surface area (Å²) in [5.74, 6) is 1.62. The van der Waals surface area contributed by atoms with Crippen LogP contribution in [0.15, 0.2) is 48.2 Å². The molecular weight excluding hydrogens is 340 g/mol. The molecule has 0 N–H and O–H groups in total. The number of rotatable bonds is 7. The number of aromatic nitrogens is 1. The van der Waals surface area contributed by atoms with E-state index in [9.17, 15) is 0 Å². The third kappa shape index (κ3) is 4.49. The van der Waals surface area contributed by atoms with Crippen LogP contribution in [0.3, 0.4) is 0 Å². The van der Waals surface area contributed by atoms with Gasteiger partial charge in [-0.15, -0.1) is 0 Å². The van der Waals surface area contributed by atoms with Crippen LogP contribution in [0.5, 0.6) is 11.5 Å². The maximum absolute atomic E-state index is 6.01. The molecule has 5 nitrogen and oxygen atoms in total. The fourth-order valence-corrected chi connectivity index (χ4v) is 3.75. The summed E-state index contributed by atoms with van der Waals surface area (Å²) in [6.07, 6.45) is 6.68. The molecule has 0 amide bonds. The number of para-hydroxylation sites is 1. The molecule has 2 aliphatic heterocycles. The minimum atomic E-state index is 0.311. The molecule has 1 unspecified atom stereocenters. The molecule has 1 atom stereocenters. The first-order chi connectivity index (χ1) is 13.3. The number of hydrogen-bond donors (Lipinski definition) is 0. The fraction of sp³-hybridized carbons (Fsp3) is 0.409. The Morgan fingerprint density at radius 2 is 2.15 bits per heavy atom. The number of hydrogen-bond acceptors (Lipinski definition) is 5. The molecule has 5 heteroatoms. The van der Waals surface area contributed by atoms with Crippen molar-refractivity contribution in [3.63, 3.8) is 0 Å². The van der Waals surface area contributed by atoms with Gasteiger partial charge in [-0.1, -0.05) is 18.2 Å². The van der Waals surface area contributed by atoms with Gasteiger partial charge in [0.2, 0.25) is 0 Å². The Morgan fingerprint density at radius 3 is 2.93 bits per heavy atom. The maximum Gasteiger partial charge on any atom is 0.168 e. The minimum absolute atomic E-state index is 0.311. The van der Waals surface area contributed by atoms with Gasteiger partial charge in [-0.3, -0.25) is 9.88 Å². The first kappa shape index (κ1) is 18.0. The second-order valence-corrected chi connectivity index (χ2v) is 7.10. The van der Waals surface area contributed by atoms with Gasteiger partial charge in [-0.25, -0.2) is 0 Å². The molecule has 0 saturated carbocycles. The topological polar surface area (TPSA) is 43.8 Å². The third-order valence-electron chi connectivity index (χ3n) is 5.02. The van der Waals surface area contributed by atoms with Gasteiger partial charge in [-0.2, -0.15) is 0 Å². The number of nitrogens with zero attached hydrogens (tertiary/aromatic N) is 2. The SMILES string of the molecule is COc1cccc2c1OCC(CN(Cc1ccccn1)CC1CCCO1)=C2. The smallest absolute Gasteiger partial charge is 0.168 e. The Kier molecular flexibility index (Phi) is 5.70. The lowest BCUT2D eigenvalue weighted by Gasteiger charge is -2.28. The predicted molar refractivity (Wildman–Crippen MR) is 105 cm³/mol. The summed E-state index contributed by atoms with van der Waals surface area (Å²) in [6.45, 7) is 4.02. The number of methoxy groups -OCH3 is 1. The van der Waals surface area contributed by atoms with Crippen molar-refractivity contribution in [2.45, 2.75) is 25.5 Å². The number of pyridine rings is 1. The molecule has 4 rings (SSSR count). The van der Waals surface area contributed by atoms with Crippen LogP contribution >= 0.6 is 0 Å². The van der Waals surface area contributed by atoms with Crippen molar-refractivity contribution >= 4 is 6.08 Å². The van der Waals surface area contributed by atoms with E-state index in [0.29, 0.717) is 12.7 Å². The lowest BCUT2D eigenvalue weighted by atomic mass is 10.1. The standard InChI is InChI=1S/C22H26N2O3/c1-25-21-9-4-6-18-12-17(16-27-22(18)21)13-24(15-20-8-5-11-26-20)14-19-7-2-3-10-23-19/h2-4,6-7,9-10,12,20H,5,8,11,13-16H2,1H3. The summed E-state index contributed by atoms with van der Waals surface area (Å²) in [5.41, 5.74) is 3.41. The summed E-state index contributed by atoms with van der Waals surface area (Å²) >= 11 is 0. The molecule has 142 valence electrons. The number of fused-ring (bicyclic) bond motifs is 1. The highest BCUT2D eigenvalue weighted by atomic mass is 16.5. The zero-order valence-electron chi connectivity index (χ0n) is 15.8. The van der Waals surface area contributed by atoms with Crippen LogP contribution < -0.4 is 9.47 Å². The molecule has 2 aliphatic rings. The van der Waals surface area contributed by atoms with E-state index in [-0.39, 0.29) is 0 Å². The van der Waals surface area contributed by atoms with Crippen molar-refractivity contribution in [1.29, 1.82) is 0 Å². The van der Waals surface area contributed by atoms with Gasteiger partial charge in [0.05, 0.1) is 18.9 Å². The maximum atomic E-state index is 6.01. The van der Waals surface area contributed by atoms with Crippen LogP contribution in [0, 0.1) is 0 Å². The van der Waals surface area contributed by atoms with Gasteiger partial charge < -0.3 is 14.2 Å². The molecule has 27 heavy (non-hydrogen) atoms. The quantitative estimate of drug-likeness (QED) is 0.750. The van der Waals surface area contributed by atoms with E-state index in [1.807, 2.05) is 30.5 Å². The molecule has 1 aromatic carbocycles. The molecule has 0 aliphatic carbocycles. The van der Waals surface area contributed by atoms with E-state index >= 15 is 0 Å². The zero-order chi connectivity index (χ0) is 18.5. The van der Waals surface area contributed by atoms with E-state index in [1.165, 1.54) is 5.57 Å². The second-order valence-electron chi connectivity index (χ2n) is 7.10. The van der Waals surface area contributed by atoms with E-state index in [2.05, 4.69) is 28.1 Å². The van der Waals surface area contributed by atoms with Crippen molar-refractivity contribution in [2.75, 3.05) is 33.4 Å². The van der Waals surface area contributed by atoms with E-state index in [4.69, 9.17) is 14.2 Å². The molecule has 0 radical (unpaired) electrons. The van der Waals surface area contributed by atoms with Crippen molar-refractivity contribution in [2.24, 2.45) is 0 Å². The molecule has 1 aromatic heterocycles. The molecule has 3 heterocycles. The Bertz CT molecular complexity index is 785. The monoisotopic (exact) mass is 366 g/mol. The number of benzene rings is 1. The lowest BCUT2D eigenvalue weighted by molar-refractivity contribution is 0.0726. The van der Waals surface area contributed by atoms with E-state index in [0.717, 1.165) is 61.8 Å². The van der Waals surface area contributed by atoms with Gasteiger partial charge in [-0.05, 0) is 42.7 Å². The molecule has 1 fully saturated rings. The Balaban J connectivity index is 1.50. The highest BCUT2D eigenvalue weighted by Crippen LogP contribution is 2.35. The Hall–Kier alpha value is -2.37. The summed E-state index contributed by atoms with van der Waals surface area (Å²) in [4.78, 5) is 6.91. The summed E-state index contributed by atoms with van der Waals surface area (Å²) in [7, 11) is 1.68. The normalized spacial score (nSPS) is 18.7. The van der Waals surface area contributed by atoms with Gasteiger partial charge in [0.15, 0.2) is 11.5 Å². The van der Waals surface area contributed by atoms with E-state index in [1.54, 1.807) is 7.11 Å². The van der Waals surface area contributed by atoms with E-state index < -0.39 is 0 Å². The Morgan fingerprint density at radius 1 is 1.19 bits per heavy atom. The summed E-state index contributed by atoms with van der Waals surface area (Å²) in [5, 5.41) is 0. The second kappa shape index (κ2) is 8.55. The molecule has 0 spiro atoms.